The van der Waals surface area contributed by atoms with E-state index in [1.807, 2.05) is 45.0 Å². The number of carbonyl (C=O) groups excluding carboxylic acids is 1. The lowest BCUT2D eigenvalue weighted by atomic mass is 10.1. The van der Waals surface area contributed by atoms with Crippen LogP contribution in [-0.4, -0.2) is 27.1 Å². The highest BCUT2D eigenvalue weighted by atomic mass is 16.2. The Bertz CT molecular complexity index is 1030. The Labute approximate surface area is 157 Å². The van der Waals surface area contributed by atoms with E-state index in [1.165, 1.54) is 4.68 Å². The lowest BCUT2D eigenvalue weighted by Crippen LogP contribution is -2.42. The van der Waals surface area contributed by atoms with Gasteiger partial charge in [-0.3, -0.25) is 4.79 Å². The minimum absolute atomic E-state index is 0.212. The molecule has 0 saturated carbocycles. The van der Waals surface area contributed by atoms with Crippen molar-refractivity contribution in [3.8, 4) is 0 Å². The van der Waals surface area contributed by atoms with Crippen molar-refractivity contribution >= 4 is 22.6 Å². The molecule has 0 radical (unpaired) electrons. The van der Waals surface area contributed by atoms with Gasteiger partial charge in [-0.05, 0) is 44.0 Å². The van der Waals surface area contributed by atoms with Crippen LogP contribution in [0.2, 0.25) is 0 Å². The van der Waals surface area contributed by atoms with Crippen LogP contribution in [0.1, 0.15) is 24.5 Å². The predicted octanol–water partition coefficient (Wildman–Crippen LogP) is 3.01. The number of anilines is 1. The number of amides is 2. The van der Waals surface area contributed by atoms with Gasteiger partial charge in [0.05, 0.1) is 18.0 Å². The second-order valence-corrected chi connectivity index (χ2v) is 6.62. The quantitative estimate of drug-likeness (QED) is 0.727. The Kier molecular flexibility index (Phi) is 5.49. The standard InChI is InChI=1S/C20H23N5O2/c1-4-15(21-20(27)22-17-10-9-13(2)11-14(17)3)12-25-19(26)16-7-5-6-8-18(16)23-24-25/h5-11,15H,4,12H2,1-3H3,(H2,21,22,27)/t15-/m0/s1. The van der Waals surface area contributed by atoms with Gasteiger partial charge >= 0.3 is 6.03 Å². The molecule has 0 aliphatic heterocycles. The molecular weight excluding hydrogens is 342 g/mol. The summed E-state index contributed by atoms with van der Waals surface area (Å²) in [4.78, 5) is 24.9. The summed E-state index contributed by atoms with van der Waals surface area (Å²) in [6, 6.07) is 12.4. The molecule has 0 saturated heterocycles. The summed E-state index contributed by atoms with van der Waals surface area (Å²) in [6.45, 7) is 6.16. The van der Waals surface area contributed by atoms with Crippen LogP contribution in [0.3, 0.4) is 0 Å². The van der Waals surface area contributed by atoms with Gasteiger partial charge in [0.2, 0.25) is 0 Å². The number of urea groups is 1. The molecule has 2 N–H and O–H groups in total. The van der Waals surface area contributed by atoms with E-state index in [1.54, 1.807) is 18.2 Å². The van der Waals surface area contributed by atoms with Gasteiger partial charge < -0.3 is 10.6 Å². The highest BCUT2D eigenvalue weighted by Gasteiger charge is 2.14. The maximum atomic E-state index is 12.6. The van der Waals surface area contributed by atoms with Crippen LogP contribution in [0.4, 0.5) is 10.5 Å². The van der Waals surface area contributed by atoms with Crippen LogP contribution in [0, 0.1) is 13.8 Å². The third-order valence-corrected chi connectivity index (χ3v) is 4.48. The Balaban J connectivity index is 1.71. The number of rotatable bonds is 5. The van der Waals surface area contributed by atoms with E-state index < -0.39 is 0 Å². The van der Waals surface area contributed by atoms with Crippen molar-refractivity contribution in [2.24, 2.45) is 0 Å². The molecule has 0 unspecified atom stereocenters. The first-order valence-corrected chi connectivity index (χ1v) is 8.95. The van der Waals surface area contributed by atoms with Crippen molar-refractivity contribution in [1.29, 1.82) is 0 Å². The van der Waals surface area contributed by atoms with Crippen LogP contribution in [0.5, 0.6) is 0 Å². The molecule has 0 fully saturated rings. The monoisotopic (exact) mass is 365 g/mol. The average Bonchev–Trinajstić information content (AvgIpc) is 2.65. The minimum atomic E-state index is -0.310. The molecule has 0 aliphatic rings. The molecule has 1 heterocycles. The average molecular weight is 365 g/mol. The van der Waals surface area contributed by atoms with Crippen molar-refractivity contribution < 1.29 is 4.79 Å². The van der Waals surface area contributed by atoms with Gasteiger partial charge in [0.25, 0.3) is 5.56 Å². The number of hydrogen-bond donors (Lipinski definition) is 2. The first-order valence-electron chi connectivity index (χ1n) is 8.95. The fourth-order valence-electron chi connectivity index (χ4n) is 2.93. The molecule has 7 nitrogen and oxygen atoms in total. The van der Waals surface area contributed by atoms with Gasteiger partial charge in [-0.2, -0.15) is 0 Å². The Morgan fingerprint density at radius 1 is 1.19 bits per heavy atom. The second kappa shape index (κ2) is 7.99. The smallest absolute Gasteiger partial charge is 0.319 e. The lowest BCUT2D eigenvalue weighted by Gasteiger charge is -2.18. The van der Waals surface area contributed by atoms with E-state index in [0.29, 0.717) is 17.3 Å². The van der Waals surface area contributed by atoms with E-state index in [9.17, 15) is 9.59 Å². The summed E-state index contributed by atoms with van der Waals surface area (Å²) in [5.74, 6) is 0. The topological polar surface area (TPSA) is 88.9 Å². The molecule has 140 valence electrons. The summed E-state index contributed by atoms with van der Waals surface area (Å²) in [5, 5.41) is 14.4. The minimum Gasteiger partial charge on any atom is -0.333 e. The molecule has 3 aromatic rings. The highest BCUT2D eigenvalue weighted by Crippen LogP contribution is 2.15. The summed E-state index contributed by atoms with van der Waals surface area (Å²) in [7, 11) is 0. The maximum Gasteiger partial charge on any atom is 0.319 e. The molecule has 2 aromatic carbocycles. The molecule has 1 aromatic heterocycles. The van der Waals surface area contributed by atoms with Crippen LogP contribution in [0.25, 0.3) is 10.9 Å². The van der Waals surface area contributed by atoms with E-state index >= 15 is 0 Å². The summed E-state index contributed by atoms with van der Waals surface area (Å²) < 4.78 is 1.30. The molecule has 0 spiro atoms. The third-order valence-electron chi connectivity index (χ3n) is 4.48. The van der Waals surface area contributed by atoms with Crippen molar-refractivity contribution in [2.45, 2.75) is 39.8 Å². The summed E-state index contributed by atoms with van der Waals surface area (Å²) >= 11 is 0. The fourth-order valence-corrected chi connectivity index (χ4v) is 2.93. The second-order valence-electron chi connectivity index (χ2n) is 6.62. The number of benzene rings is 2. The Morgan fingerprint density at radius 3 is 2.70 bits per heavy atom. The zero-order valence-corrected chi connectivity index (χ0v) is 15.7. The first-order chi connectivity index (χ1) is 13.0. The molecule has 3 rings (SSSR count). The van der Waals surface area contributed by atoms with Crippen LogP contribution in [0.15, 0.2) is 47.3 Å². The third kappa shape index (κ3) is 4.31. The molecule has 7 heteroatoms. The van der Waals surface area contributed by atoms with Crippen molar-refractivity contribution in [1.82, 2.24) is 20.3 Å². The number of hydrogen-bond acceptors (Lipinski definition) is 4. The summed E-state index contributed by atoms with van der Waals surface area (Å²) in [6.07, 6.45) is 0.654. The Morgan fingerprint density at radius 2 is 1.96 bits per heavy atom. The molecule has 2 amide bonds. The lowest BCUT2D eigenvalue weighted by molar-refractivity contribution is 0.245. The van der Waals surface area contributed by atoms with Gasteiger partial charge in [-0.15, -0.1) is 5.10 Å². The van der Waals surface area contributed by atoms with Gasteiger partial charge in [0.1, 0.15) is 5.52 Å². The SMILES string of the molecule is CC[C@@H](Cn1nnc2ccccc2c1=O)NC(=O)Nc1ccc(C)cc1C. The van der Waals surface area contributed by atoms with Crippen molar-refractivity contribution in [2.75, 3.05) is 5.32 Å². The van der Waals surface area contributed by atoms with Crippen LogP contribution in [-0.2, 0) is 6.54 Å². The van der Waals surface area contributed by atoms with Gasteiger partial charge in [-0.1, -0.05) is 42.0 Å². The maximum absolute atomic E-state index is 12.6. The highest BCUT2D eigenvalue weighted by molar-refractivity contribution is 5.90. The normalized spacial score (nSPS) is 12.0. The van der Waals surface area contributed by atoms with E-state index in [4.69, 9.17) is 0 Å². The first kappa shape index (κ1) is 18.6. The predicted molar refractivity (Wildman–Crippen MR) is 106 cm³/mol. The number of fused-ring (bicyclic) bond motifs is 1. The van der Waals surface area contributed by atoms with Gasteiger partial charge in [0, 0.05) is 5.69 Å². The molecule has 27 heavy (non-hydrogen) atoms. The zero-order chi connectivity index (χ0) is 19.4. The van der Waals surface area contributed by atoms with Crippen molar-refractivity contribution in [3.05, 3.63) is 63.9 Å². The van der Waals surface area contributed by atoms with Gasteiger partial charge in [0.15, 0.2) is 0 Å². The number of carbonyl (C=O) groups is 1. The van der Waals surface area contributed by atoms with Gasteiger partial charge in [-0.25, -0.2) is 9.48 Å². The largest absolute Gasteiger partial charge is 0.333 e. The number of aromatic nitrogens is 3. The van der Waals surface area contributed by atoms with Crippen molar-refractivity contribution in [3.63, 3.8) is 0 Å². The summed E-state index contributed by atoms with van der Waals surface area (Å²) in [5.41, 5.74) is 3.24. The number of aryl methyl sites for hydroxylation is 2. The fraction of sp³-hybridized carbons (Fsp3) is 0.300. The van der Waals surface area contributed by atoms with E-state index in [-0.39, 0.29) is 24.2 Å². The molecule has 0 bridgehead atoms. The number of nitrogens with one attached hydrogen (secondary N) is 2. The van der Waals surface area contributed by atoms with Crippen LogP contribution < -0.4 is 16.2 Å². The Hall–Kier alpha value is -3.22. The molecule has 1 atom stereocenters. The van der Waals surface area contributed by atoms with E-state index in [2.05, 4.69) is 20.9 Å². The molecule has 0 aliphatic carbocycles. The zero-order valence-electron chi connectivity index (χ0n) is 15.7. The van der Waals surface area contributed by atoms with Crippen LogP contribution >= 0.6 is 0 Å². The number of nitrogens with zero attached hydrogens (tertiary/aromatic N) is 3. The van der Waals surface area contributed by atoms with E-state index in [0.717, 1.165) is 16.8 Å². The molecular formula is C20H23N5O2.